The molecule has 1 aromatic rings. The minimum atomic E-state index is -0.602. The second-order valence-corrected chi connectivity index (χ2v) is 5.06. The summed E-state index contributed by atoms with van der Waals surface area (Å²) >= 11 is 0. The van der Waals surface area contributed by atoms with Gasteiger partial charge in [0.25, 0.3) is 0 Å². The summed E-state index contributed by atoms with van der Waals surface area (Å²) in [5.41, 5.74) is 11.9. The number of urea groups is 1. The summed E-state index contributed by atoms with van der Waals surface area (Å²) in [7, 11) is 0. The standard InChI is InChI=1S/C15H24N4O2/c1-3-15(4-2,10-16)13(20)18-9-11-5-7-12(8-6-11)19-14(17)21/h5-8H,3-4,9-10,16H2,1-2H3,(H,18,20)(H3,17,19,21). The highest BCUT2D eigenvalue weighted by molar-refractivity contribution is 5.87. The Morgan fingerprint density at radius 3 is 2.14 bits per heavy atom. The van der Waals surface area contributed by atoms with E-state index in [1.807, 2.05) is 26.0 Å². The highest BCUT2D eigenvalue weighted by Crippen LogP contribution is 2.25. The molecule has 0 aromatic heterocycles. The van der Waals surface area contributed by atoms with Crippen LogP contribution in [0, 0.1) is 5.41 Å². The van der Waals surface area contributed by atoms with Crippen LogP contribution in [-0.2, 0) is 11.3 Å². The van der Waals surface area contributed by atoms with Gasteiger partial charge in [-0.15, -0.1) is 0 Å². The second-order valence-electron chi connectivity index (χ2n) is 5.06. The van der Waals surface area contributed by atoms with E-state index < -0.39 is 11.4 Å². The predicted molar refractivity (Wildman–Crippen MR) is 83.6 cm³/mol. The lowest BCUT2D eigenvalue weighted by Gasteiger charge is -2.28. The molecule has 1 rings (SSSR count). The molecule has 6 N–H and O–H groups in total. The molecule has 3 amide bonds. The molecule has 0 unspecified atom stereocenters. The highest BCUT2D eigenvalue weighted by Gasteiger charge is 2.32. The molecule has 0 aliphatic carbocycles. The molecule has 0 saturated heterocycles. The number of hydrogen-bond donors (Lipinski definition) is 4. The highest BCUT2D eigenvalue weighted by atomic mass is 16.2. The number of carbonyl (C=O) groups is 2. The van der Waals surface area contributed by atoms with Crippen LogP contribution in [0.15, 0.2) is 24.3 Å². The molecule has 0 spiro atoms. The van der Waals surface area contributed by atoms with Crippen LogP contribution in [0.25, 0.3) is 0 Å². The van der Waals surface area contributed by atoms with Crippen LogP contribution >= 0.6 is 0 Å². The summed E-state index contributed by atoms with van der Waals surface area (Å²) in [6, 6.07) is 6.53. The summed E-state index contributed by atoms with van der Waals surface area (Å²) in [6.45, 7) is 4.71. The first-order valence-electron chi connectivity index (χ1n) is 7.11. The largest absolute Gasteiger partial charge is 0.352 e. The Labute approximate surface area is 125 Å². The first kappa shape index (κ1) is 17.0. The Morgan fingerprint density at radius 1 is 1.14 bits per heavy atom. The summed E-state index contributed by atoms with van der Waals surface area (Å²) in [5.74, 6) is -0.0191. The Hall–Kier alpha value is -2.08. The van der Waals surface area contributed by atoms with Gasteiger partial charge in [0, 0.05) is 18.8 Å². The Bertz CT molecular complexity index is 473. The van der Waals surface area contributed by atoms with E-state index in [4.69, 9.17) is 11.5 Å². The van der Waals surface area contributed by atoms with Crippen molar-refractivity contribution in [1.82, 2.24) is 5.32 Å². The fourth-order valence-electron chi connectivity index (χ4n) is 2.17. The molecular weight excluding hydrogens is 268 g/mol. The van der Waals surface area contributed by atoms with Gasteiger partial charge < -0.3 is 22.1 Å². The molecule has 0 fully saturated rings. The van der Waals surface area contributed by atoms with E-state index in [0.29, 0.717) is 31.6 Å². The average molecular weight is 292 g/mol. The van der Waals surface area contributed by atoms with E-state index in [1.165, 1.54) is 0 Å². The van der Waals surface area contributed by atoms with E-state index in [2.05, 4.69) is 10.6 Å². The van der Waals surface area contributed by atoms with Gasteiger partial charge in [-0.25, -0.2) is 4.79 Å². The number of primary amides is 1. The lowest BCUT2D eigenvalue weighted by atomic mass is 9.81. The zero-order valence-corrected chi connectivity index (χ0v) is 12.6. The van der Waals surface area contributed by atoms with Gasteiger partial charge in [0.05, 0.1) is 5.41 Å². The topological polar surface area (TPSA) is 110 Å². The minimum Gasteiger partial charge on any atom is -0.352 e. The van der Waals surface area contributed by atoms with Crippen LogP contribution in [0.2, 0.25) is 0 Å². The lowest BCUT2D eigenvalue weighted by Crippen LogP contribution is -2.45. The van der Waals surface area contributed by atoms with Crippen molar-refractivity contribution >= 4 is 17.6 Å². The number of benzene rings is 1. The van der Waals surface area contributed by atoms with Crippen LogP contribution in [0.5, 0.6) is 0 Å². The summed E-state index contributed by atoms with van der Waals surface area (Å²) < 4.78 is 0. The van der Waals surface area contributed by atoms with Gasteiger partial charge in [0.1, 0.15) is 0 Å². The number of nitrogens with two attached hydrogens (primary N) is 2. The van der Waals surface area contributed by atoms with E-state index >= 15 is 0 Å². The van der Waals surface area contributed by atoms with E-state index in [0.717, 1.165) is 5.56 Å². The average Bonchev–Trinajstić information content (AvgIpc) is 2.48. The molecule has 0 aliphatic heterocycles. The van der Waals surface area contributed by atoms with Crippen molar-refractivity contribution in [3.8, 4) is 0 Å². The van der Waals surface area contributed by atoms with Gasteiger partial charge in [0.15, 0.2) is 0 Å². The van der Waals surface area contributed by atoms with Crippen molar-refractivity contribution in [2.75, 3.05) is 11.9 Å². The molecule has 0 heterocycles. The maximum Gasteiger partial charge on any atom is 0.316 e. The van der Waals surface area contributed by atoms with Crippen molar-refractivity contribution in [1.29, 1.82) is 0 Å². The molecule has 0 aliphatic rings. The summed E-state index contributed by atoms with van der Waals surface area (Å²) in [5, 5.41) is 5.41. The third-order valence-corrected chi connectivity index (χ3v) is 3.90. The Morgan fingerprint density at radius 2 is 1.71 bits per heavy atom. The first-order valence-corrected chi connectivity index (χ1v) is 7.11. The molecule has 6 nitrogen and oxygen atoms in total. The van der Waals surface area contributed by atoms with Gasteiger partial charge in [0.2, 0.25) is 5.91 Å². The van der Waals surface area contributed by atoms with Crippen LogP contribution in [0.4, 0.5) is 10.5 Å². The fourth-order valence-corrected chi connectivity index (χ4v) is 2.17. The normalized spacial score (nSPS) is 11.0. The van der Waals surface area contributed by atoms with Crippen LogP contribution in [-0.4, -0.2) is 18.5 Å². The van der Waals surface area contributed by atoms with Crippen molar-refractivity contribution in [2.24, 2.45) is 16.9 Å². The van der Waals surface area contributed by atoms with Crippen LogP contribution < -0.4 is 22.1 Å². The minimum absolute atomic E-state index is 0.0191. The quantitative estimate of drug-likeness (QED) is 0.612. The lowest BCUT2D eigenvalue weighted by molar-refractivity contribution is -0.131. The monoisotopic (exact) mass is 292 g/mol. The molecule has 1 aromatic carbocycles. The summed E-state index contributed by atoms with van der Waals surface area (Å²) in [6.07, 6.45) is 1.43. The number of nitrogens with one attached hydrogen (secondary N) is 2. The molecule has 0 atom stereocenters. The molecule has 0 saturated carbocycles. The molecule has 116 valence electrons. The SMILES string of the molecule is CCC(CC)(CN)C(=O)NCc1ccc(NC(N)=O)cc1. The third kappa shape index (κ3) is 4.46. The molecule has 21 heavy (non-hydrogen) atoms. The van der Waals surface area contributed by atoms with Crippen molar-refractivity contribution in [2.45, 2.75) is 33.2 Å². The van der Waals surface area contributed by atoms with Gasteiger partial charge in [-0.3, -0.25) is 4.79 Å². The van der Waals surface area contributed by atoms with E-state index in [1.54, 1.807) is 12.1 Å². The van der Waals surface area contributed by atoms with Gasteiger partial charge in [-0.05, 0) is 30.5 Å². The number of amides is 3. The number of rotatable bonds is 7. The Kier molecular flexibility index (Phi) is 6.17. The molecular formula is C15H24N4O2. The molecule has 0 radical (unpaired) electrons. The van der Waals surface area contributed by atoms with Gasteiger partial charge in [-0.1, -0.05) is 26.0 Å². The first-order chi connectivity index (χ1) is 9.97. The second kappa shape index (κ2) is 7.64. The maximum absolute atomic E-state index is 12.3. The van der Waals surface area contributed by atoms with Crippen LogP contribution in [0.1, 0.15) is 32.3 Å². The van der Waals surface area contributed by atoms with Crippen molar-refractivity contribution < 1.29 is 9.59 Å². The van der Waals surface area contributed by atoms with Gasteiger partial charge in [-0.2, -0.15) is 0 Å². The molecule has 6 heteroatoms. The third-order valence-electron chi connectivity index (χ3n) is 3.90. The zero-order chi connectivity index (χ0) is 15.9. The number of carbonyl (C=O) groups excluding carboxylic acids is 2. The van der Waals surface area contributed by atoms with Crippen molar-refractivity contribution in [3.63, 3.8) is 0 Å². The predicted octanol–water partition coefficient (Wildman–Crippen LogP) is 1.56. The zero-order valence-electron chi connectivity index (χ0n) is 12.6. The molecule has 0 bridgehead atoms. The fraction of sp³-hybridized carbons (Fsp3) is 0.467. The number of hydrogen-bond acceptors (Lipinski definition) is 3. The van der Waals surface area contributed by atoms with Crippen molar-refractivity contribution in [3.05, 3.63) is 29.8 Å². The van der Waals surface area contributed by atoms with Crippen LogP contribution in [0.3, 0.4) is 0 Å². The van der Waals surface area contributed by atoms with E-state index in [-0.39, 0.29) is 5.91 Å². The Balaban J connectivity index is 2.62. The summed E-state index contributed by atoms with van der Waals surface area (Å²) in [4.78, 5) is 23.0. The van der Waals surface area contributed by atoms with Gasteiger partial charge >= 0.3 is 6.03 Å². The number of anilines is 1. The smallest absolute Gasteiger partial charge is 0.316 e. The van der Waals surface area contributed by atoms with E-state index in [9.17, 15) is 9.59 Å². The maximum atomic E-state index is 12.3.